The monoisotopic (exact) mass is 444 g/mol. The third-order valence-electron chi connectivity index (χ3n) is 4.09. The summed E-state index contributed by atoms with van der Waals surface area (Å²) in [6.45, 7) is 4.19. The van der Waals surface area contributed by atoms with E-state index in [4.69, 9.17) is 6.42 Å². The maximum atomic E-state index is 13.0. The van der Waals surface area contributed by atoms with Gasteiger partial charge in [-0.1, -0.05) is 13.8 Å². The number of ether oxygens (including phenoxy) is 1. The molecule has 1 aromatic rings. The van der Waals surface area contributed by atoms with Gasteiger partial charge in [-0.15, -0.1) is 12.3 Å². The van der Waals surface area contributed by atoms with E-state index in [0.29, 0.717) is 18.8 Å². The lowest BCUT2D eigenvalue weighted by Crippen LogP contribution is -2.51. The first-order valence-electron chi connectivity index (χ1n) is 7.68. The van der Waals surface area contributed by atoms with Crippen LogP contribution in [0.4, 0.5) is 4.79 Å². The topological polar surface area (TPSA) is 87.3 Å². The van der Waals surface area contributed by atoms with E-state index in [2.05, 4.69) is 48.5 Å². The molecule has 0 unspecified atom stereocenters. The molecule has 0 bridgehead atoms. The molecule has 7 nitrogen and oxygen atoms in total. The number of halogens is 1. The van der Waals surface area contributed by atoms with Gasteiger partial charge in [-0.2, -0.15) is 0 Å². The zero-order valence-electron chi connectivity index (χ0n) is 13.9. The van der Waals surface area contributed by atoms with Crippen molar-refractivity contribution < 1.29 is 14.3 Å². The second kappa shape index (κ2) is 7.88. The molecule has 8 heteroatoms. The fraction of sp³-hybridized carbons (Fsp3) is 0.562. The van der Waals surface area contributed by atoms with Crippen molar-refractivity contribution in [1.82, 2.24) is 20.2 Å². The van der Waals surface area contributed by atoms with Crippen LogP contribution < -0.4 is 5.32 Å². The lowest BCUT2D eigenvalue weighted by atomic mass is 10.0. The van der Waals surface area contributed by atoms with Gasteiger partial charge in [-0.05, 0) is 34.9 Å². The van der Waals surface area contributed by atoms with E-state index < -0.39 is 12.1 Å². The summed E-state index contributed by atoms with van der Waals surface area (Å²) in [6, 6.07) is -0.895. The Bertz CT molecular complexity index is 652. The Morgan fingerprint density at radius 3 is 2.79 bits per heavy atom. The number of methoxy groups -OCH3 is 1. The van der Waals surface area contributed by atoms with Gasteiger partial charge in [0.1, 0.15) is 11.9 Å². The standard InChI is InChI=1S/C16H21IN4O3/c1-5-10-6-11(14-18-7-12(17)19-14)21(8-10)15(22)13(9(2)3)20-16(23)24-4/h1,7,9-11,13H,6,8H2,2-4H3,(H,18,19)(H,20,23)/t10-,11-,13-/m0/s1. The van der Waals surface area contributed by atoms with Gasteiger partial charge in [0, 0.05) is 12.5 Å². The molecule has 1 aromatic heterocycles. The number of amides is 2. The van der Waals surface area contributed by atoms with Crippen LogP contribution in [-0.4, -0.2) is 46.6 Å². The van der Waals surface area contributed by atoms with Gasteiger partial charge < -0.3 is 19.9 Å². The number of H-pyrrole nitrogens is 1. The SMILES string of the molecule is C#C[C@H]1C[C@@H](c2ncc(I)[nH]2)N(C(=O)[C@@H](NC(=O)OC)C(C)C)C1. The van der Waals surface area contributed by atoms with Crippen molar-refractivity contribution in [3.05, 3.63) is 15.7 Å². The van der Waals surface area contributed by atoms with E-state index in [1.807, 2.05) is 13.8 Å². The molecule has 2 rings (SSSR count). The predicted molar refractivity (Wildman–Crippen MR) is 96.9 cm³/mol. The minimum atomic E-state index is -0.675. The Balaban J connectivity index is 2.26. The summed E-state index contributed by atoms with van der Waals surface area (Å²) in [7, 11) is 1.27. The number of carbonyl (C=O) groups excluding carboxylic acids is 2. The lowest BCUT2D eigenvalue weighted by Gasteiger charge is -2.29. The van der Waals surface area contributed by atoms with Crippen molar-refractivity contribution in [3.63, 3.8) is 0 Å². The lowest BCUT2D eigenvalue weighted by molar-refractivity contribution is -0.135. The highest BCUT2D eigenvalue weighted by Gasteiger charge is 2.40. The van der Waals surface area contributed by atoms with Gasteiger partial charge in [0.25, 0.3) is 0 Å². The quantitative estimate of drug-likeness (QED) is 0.549. The first-order valence-corrected chi connectivity index (χ1v) is 8.76. The van der Waals surface area contributed by atoms with Crippen LogP contribution in [0.1, 0.15) is 32.1 Å². The van der Waals surface area contributed by atoms with E-state index in [1.54, 1.807) is 11.1 Å². The summed E-state index contributed by atoms with van der Waals surface area (Å²) in [5.74, 6) is 3.14. The van der Waals surface area contributed by atoms with E-state index >= 15 is 0 Å². The number of hydrogen-bond acceptors (Lipinski definition) is 4. The minimum Gasteiger partial charge on any atom is -0.453 e. The second-order valence-electron chi connectivity index (χ2n) is 6.08. The number of imidazole rings is 1. The molecule has 1 aliphatic heterocycles. The van der Waals surface area contributed by atoms with Gasteiger partial charge in [-0.3, -0.25) is 4.79 Å². The summed E-state index contributed by atoms with van der Waals surface area (Å²) >= 11 is 2.14. The Morgan fingerprint density at radius 1 is 1.58 bits per heavy atom. The summed E-state index contributed by atoms with van der Waals surface area (Å²) in [4.78, 5) is 33.8. The molecule has 1 saturated heterocycles. The molecule has 3 atom stereocenters. The predicted octanol–water partition coefficient (Wildman–Crippen LogP) is 1.92. The number of nitrogens with zero attached hydrogens (tertiary/aromatic N) is 2. The zero-order valence-corrected chi connectivity index (χ0v) is 16.0. The van der Waals surface area contributed by atoms with Gasteiger partial charge in [0.15, 0.2) is 0 Å². The fourth-order valence-electron chi connectivity index (χ4n) is 2.82. The third-order valence-corrected chi connectivity index (χ3v) is 4.64. The van der Waals surface area contributed by atoms with Crippen molar-refractivity contribution in [2.75, 3.05) is 13.7 Å². The first-order chi connectivity index (χ1) is 11.4. The normalized spacial score (nSPS) is 21.4. The molecule has 0 aliphatic carbocycles. The molecular weight excluding hydrogens is 423 g/mol. The number of carbonyl (C=O) groups is 2. The second-order valence-corrected chi connectivity index (χ2v) is 7.24. The van der Waals surface area contributed by atoms with E-state index in [-0.39, 0.29) is 23.8 Å². The van der Waals surface area contributed by atoms with Gasteiger partial charge >= 0.3 is 6.09 Å². The highest BCUT2D eigenvalue weighted by atomic mass is 127. The van der Waals surface area contributed by atoms with Crippen molar-refractivity contribution in [1.29, 1.82) is 0 Å². The average Bonchev–Trinajstić information content (AvgIpc) is 3.17. The molecule has 2 N–H and O–H groups in total. The van der Waals surface area contributed by atoms with Gasteiger partial charge in [-0.25, -0.2) is 9.78 Å². The maximum absolute atomic E-state index is 13.0. The Labute approximate surface area is 155 Å². The molecule has 1 fully saturated rings. The number of likely N-dealkylation sites (tertiary alicyclic amines) is 1. The molecular formula is C16H21IN4O3. The van der Waals surface area contributed by atoms with Crippen LogP contribution in [0.25, 0.3) is 0 Å². The molecule has 0 saturated carbocycles. The number of nitrogens with one attached hydrogen (secondary N) is 2. The molecule has 2 amide bonds. The van der Waals surface area contributed by atoms with Crippen molar-refractivity contribution in [3.8, 4) is 12.3 Å². The summed E-state index contributed by atoms with van der Waals surface area (Å²) in [6.07, 6.45) is 7.31. The first kappa shape index (κ1) is 18.6. The molecule has 0 radical (unpaired) electrons. The Hall–Kier alpha value is -1.76. The van der Waals surface area contributed by atoms with E-state index in [9.17, 15) is 9.59 Å². The van der Waals surface area contributed by atoms with Crippen LogP contribution >= 0.6 is 22.6 Å². The molecule has 0 spiro atoms. The minimum absolute atomic E-state index is 0.0346. The molecule has 24 heavy (non-hydrogen) atoms. The molecule has 130 valence electrons. The number of rotatable bonds is 4. The maximum Gasteiger partial charge on any atom is 0.407 e. The van der Waals surface area contributed by atoms with Crippen LogP contribution in [0.5, 0.6) is 0 Å². The summed E-state index contributed by atoms with van der Waals surface area (Å²) in [5.41, 5.74) is 0. The van der Waals surface area contributed by atoms with Crippen molar-refractivity contribution in [2.45, 2.75) is 32.4 Å². The van der Waals surface area contributed by atoms with E-state index in [1.165, 1.54) is 7.11 Å². The van der Waals surface area contributed by atoms with Gasteiger partial charge in [0.2, 0.25) is 5.91 Å². The number of alkyl carbamates (subject to hydrolysis) is 1. The van der Waals surface area contributed by atoms with Crippen LogP contribution in [0.3, 0.4) is 0 Å². The molecule has 1 aliphatic rings. The zero-order chi connectivity index (χ0) is 17.9. The number of hydrogen-bond donors (Lipinski definition) is 2. The molecule has 0 aromatic carbocycles. The summed E-state index contributed by atoms with van der Waals surface area (Å²) in [5, 5.41) is 2.62. The number of terminal acetylenes is 1. The van der Waals surface area contributed by atoms with Crippen LogP contribution in [0, 0.1) is 27.9 Å². The fourth-order valence-corrected chi connectivity index (χ4v) is 3.24. The highest BCUT2D eigenvalue weighted by Crippen LogP contribution is 2.34. The van der Waals surface area contributed by atoms with Crippen molar-refractivity contribution in [2.24, 2.45) is 11.8 Å². The van der Waals surface area contributed by atoms with Crippen LogP contribution in [0.15, 0.2) is 6.20 Å². The Kier molecular flexibility index (Phi) is 6.10. The highest BCUT2D eigenvalue weighted by molar-refractivity contribution is 14.1. The van der Waals surface area contributed by atoms with Gasteiger partial charge in [0.05, 0.1) is 23.0 Å². The van der Waals surface area contributed by atoms with E-state index in [0.717, 1.165) is 3.70 Å². The van der Waals surface area contributed by atoms with Crippen molar-refractivity contribution >= 4 is 34.6 Å². The largest absolute Gasteiger partial charge is 0.453 e. The summed E-state index contributed by atoms with van der Waals surface area (Å²) < 4.78 is 5.52. The Morgan fingerprint density at radius 2 is 2.29 bits per heavy atom. The van der Waals surface area contributed by atoms with Crippen LogP contribution in [-0.2, 0) is 9.53 Å². The number of aromatic amines is 1. The third kappa shape index (κ3) is 4.01. The molecule has 2 heterocycles. The van der Waals surface area contributed by atoms with Crippen LogP contribution in [0.2, 0.25) is 0 Å². The average molecular weight is 444 g/mol. The smallest absolute Gasteiger partial charge is 0.407 e. The number of aromatic nitrogens is 2.